The van der Waals surface area contributed by atoms with Gasteiger partial charge in [0, 0.05) is 26.4 Å². The predicted molar refractivity (Wildman–Crippen MR) is 68.6 cm³/mol. The quantitative estimate of drug-likeness (QED) is 0.810. The minimum absolute atomic E-state index is 0.103. The van der Waals surface area contributed by atoms with Crippen molar-refractivity contribution in [3.63, 3.8) is 0 Å². The molecule has 1 aromatic rings. The molecule has 1 heterocycles. The molecule has 0 aliphatic carbocycles. The Morgan fingerprint density at radius 1 is 1.45 bits per heavy atom. The van der Waals surface area contributed by atoms with Crippen LogP contribution < -0.4 is 4.90 Å². The van der Waals surface area contributed by atoms with Gasteiger partial charge in [-0.05, 0) is 6.07 Å². The number of halogens is 4. The van der Waals surface area contributed by atoms with Crippen LogP contribution in [0.1, 0.15) is 12.0 Å². The Morgan fingerprint density at radius 3 is 2.65 bits per heavy atom. The maximum absolute atomic E-state index is 12.5. The molecule has 0 bridgehead atoms. The molecule has 0 fully saturated rings. The fraction of sp³-hybridized carbons (Fsp3) is 0.500. The van der Waals surface area contributed by atoms with E-state index in [1.807, 2.05) is 6.07 Å². The third kappa shape index (κ3) is 4.54. The van der Waals surface area contributed by atoms with E-state index in [4.69, 9.17) is 21.6 Å². The number of nitrogens with zero attached hydrogens (tertiary/aromatic N) is 3. The lowest BCUT2D eigenvalue weighted by Gasteiger charge is -2.23. The van der Waals surface area contributed by atoms with E-state index in [2.05, 4.69) is 4.98 Å². The van der Waals surface area contributed by atoms with Crippen molar-refractivity contribution in [2.45, 2.75) is 12.6 Å². The molecule has 0 saturated carbocycles. The van der Waals surface area contributed by atoms with Gasteiger partial charge in [-0.3, -0.25) is 0 Å². The van der Waals surface area contributed by atoms with Gasteiger partial charge in [-0.2, -0.15) is 18.4 Å². The zero-order valence-corrected chi connectivity index (χ0v) is 11.5. The molecule has 20 heavy (non-hydrogen) atoms. The van der Waals surface area contributed by atoms with Gasteiger partial charge in [-0.25, -0.2) is 4.98 Å². The lowest BCUT2D eigenvalue weighted by Crippen LogP contribution is -2.29. The second-order valence-electron chi connectivity index (χ2n) is 3.92. The molecule has 1 aromatic heterocycles. The number of aromatic nitrogens is 1. The first-order valence-corrected chi connectivity index (χ1v) is 6.11. The van der Waals surface area contributed by atoms with Crippen molar-refractivity contribution < 1.29 is 17.9 Å². The Bertz CT molecular complexity index is 488. The van der Waals surface area contributed by atoms with Crippen molar-refractivity contribution >= 4 is 17.4 Å². The number of alkyl halides is 3. The van der Waals surface area contributed by atoms with Crippen molar-refractivity contribution in [3.05, 3.63) is 22.8 Å². The molecule has 0 aliphatic rings. The number of pyridine rings is 1. The second kappa shape index (κ2) is 7.31. The summed E-state index contributed by atoms with van der Waals surface area (Å²) in [5.41, 5.74) is -0.904. The first-order valence-electron chi connectivity index (χ1n) is 5.73. The first-order chi connectivity index (χ1) is 9.40. The molecule has 8 heteroatoms. The third-order valence-electron chi connectivity index (χ3n) is 2.51. The Balaban J connectivity index is 2.99. The number of hydrogen-bond donors (Lipinski definition) is 0. The summed E-state index contributed by atoms with van der Waals surface area (Å²) >= 11 is 5.86. The molecule has 0 atom stereocenters. The highest BCUT2D eigenvalue weighted by Gasteiger charge is 2.32. The van der Waals surface area contributed by atoms with Crippen molar-refractivity contribution in [1.29, 1.82) is 5.26 Å². The van der Waals surface area contributed by atoms with E-state index in [1.54, 1.807) is 4.90 Å². The summed E-state index contributed by atoms with van der Waals surface area (Å²) in [6, 6.07) is 2.80. The van der Waals surface area contributed by atoms with Crippen LogP contribution >= 0.6 is 11.6 Å². The van der Waals surface area contributed by atoms with Crippen LogP contribution in [0.15, 0.2) is 12.3 Å². The van der Waals surface area contributed by atoms with E-state index in [0.29, 0.717) is 19.7 Å². The summed E-state index contributed by atoms with van der Waals surface area (Å²) < 4.78 is 42.5. The second-order valence-corrected chi connectivity index (χ2v) is 4.32. The molecule has 4 nitrogen and oxygen atoms in total. The third-order valence-corrected chi connectivity index (χ3v) is 2.79. The highest BCUT2D eigenvalue weighted by molar-refractivity contribution is 6.33. The summed E-state index contributed by atoms with van der Waals surface area (Å²) in [4.78, 5) is 5.38. The van der Waals surface area contributed by atoms with Crippen molar-refractivity contribution in [2.24, 2.45) is 0 Å². The van der Waals surface area contributed by atoms with Gasteiger partial charge in [0.2, 0.25) is 0 Å². The van der Waals surface area contributed by atoms with Crippen LogP contribution in [0.5, 0.6) is 0 Å². The molecule has 0 aromatic carbocycles. The zero-order valence-electron chi connectivity index (χ0n) is 10.7. The van der Waals surface area contributed by atoms with Crippen LogP contribution in [0.2, 0.25) is 5.02 Å². The van der Waals surface area contributed by atoms with Crippen LogP contribution in [0.25, 0.3) is 0 Å². The van der Waals surface area contributed by atoms with Crippen LogP contribution in [-0.2, 0) is 10.9 Å². The normalized spacial score (nSPS) is 11.2. The summed E-state index contributed by atoms with van der Waals surface area (Å²) in [6.07, 6.45) is -3.55. The molecule has 0 amide bonds. The van der Waals surface area contributed by atoms with Gasteiger partial charge in [0.15, 0.2) is 0 Å². The topological polar surface area (TPSA) is 49.1 Å². The van der Waals surface area contributed by atoms with E-state index in [9.17, 15) is 13.2 Å². The molecule has 0 N–H and O–H groups in total. The summed E-state index contributed by atoms with van der Waals surface area (Å²) in [5, 5.41) is 8.49. The minimum atomic E-state index is -4.49. The van der Waals surface area contributed by atoms with E-state index in [-0.39, 0.29) is 17.3 Å². The molecular formula is C12H13ClF3N3O. The fourth-order valence-corrected chi connectivity index (χ4v) is 1.81. The molecule has 0 aliphatic heterocycles. The highest BCUT2D eigenvalue weighted by atomic mass is 35.5. The predicted octanol–water partition coefficient (Wildman–Crippen LogP) is 3.12. The highest BCUT2D eigenvalue weighted by Crippen LogP contribution is 2.33. The first kappa shape index (κ1) is 16.5. The van der Waals surface area contributed by atoms with Crippen LogP contribution in [-0.4, -0.2) is 31.8 Å². The van der Waals surface area contributed by atoms with Crippen LogP contribution in [0.4, 0.5) is 19.0 Å². The van der Waals surface area contributed by atoms with Gasteiger partial charge in [0.1, 0.15) is 5.82 Å². The average molecular weight is 308 g/mol. The number of anilines is 1. The summed E-state index contributed by atoms with van der Waals surface area (Å²) in [5.74, 6) is 0.215. The average Bonchev–Trinajstić information content (AvgIpc) is 2.38. The molecule has 0 saturated heterocycles. The molecule has 0 unspecified atom stereocenters. The van der Waals surface area contributed by atoms with Gasteiger partial charge in [-0.1, -0.05) is 11.6 Å². The smallest absolute Gasteiger partial charge is 0.383 e. The Labute approximate surface area is 119 Å². The van der Waals surface area contributed by atoms with Crippen molar-refractivity contribution in [1.82, 2.24) is 4.98 Å². The Kier molecular flexibility index (Phi) is 6.05. The van der Waals surface area contributed by atoms with Crippen LogP contribution in [0, 0.1) is 11.3 Å². The lowest BCUT2D eigenvalue weighted by molar-refractivity contribution is -0.137. The van der Waals surface area contributed by atoms with E-state index in [1.165, 1.54) is 7.11 Å². The minimum Gasteiger partial charge on any atom is -0.383 e. The van der Waals surface area contributed by atoms with Gasteiger partial charge in [-0.15, -0.1) is 0 Å². The number of hydrogen-bond acceptors (Lipinski definition) is 4. The van der Waals surface area contributed by atoms with Gasteiger partial charge in [0.25, 0.3) is 0 Å². The lowest BCUT2D eigenvalue weighted by atomic mass is 10.2. The monoisotopic (exact) mass is 307 g/mol. The fourth-order valence-electron chi connectivity index (χ4n) is 1.53. The summed E-state index contributed by atoms with van der Waals surface area (Å²) in [7, 11) is 1.50. The van der Waals surface area contributed by atoms with Gasteiger partial charge >= 0.3 is 6.18 Å². The number of rotatable bonds is 6. The standard InChI is InChI=1S/C12H13ClF3N3O/c1-20-6-5-19(4-2-3-17)11-10(13)7-9(8-18-11)12(14,15)16/h7-8H,2,4-6H2,1H3. The van der Waals surface area contributed by atoms with E-state index in [0.717, 1.165) is 12.3 Å². The molecule has 0 radical (unpaired) electrons. The Hall–Kier alpha value is -1.52. The van der Waals surface area contributed by atoms with Gasteiger partial charge in [0.05, 0.1) is 29.7 Å². The maximum atomic E-state index is 12.5. The molecule has 0 spiro atoms. The SMILES string of the molecule is COCCN(CCC#N)c1ncc(C(F)(F)F)cc1Cl. The zero-order chi connectivity index (χ0) is 15.2. The van der Waals surface area contributed by atoms with E-state index >= 15 is 0 Å². The Morgan fingerprint density at radius 2 is 2.15 bits per heavy atom. The van der Waals surface area contributed by atoms with Crippen molar-refractivity contribution in [2.75, 3.05) is 31.7 Å². The summed E-state index contributed by atoms with van der Waals surface area (Å²) in [6.45, 7) is 1.05. The van der Waals surface area contributed by atoms with Crippen LogP contribution in [0.3, 0.4) is 0 Å². The van der Waals surface area contributed by atoms with Crippen molar-refractivity contribution in [3.8, 4) is 6.07 Å². The number of methoxy groups -OCH3 is 1. The molecular weight excluding hydrogens is 295 g/mol. The molecule has 110 valence electrons. The van der Waals surface area contributed by atoms with Gasteiger partial charge < -0.3 is 9.64 Å². The van der Waals surface area contributed by atoms with E-state index < -0.39 is 11.7 Å². The number of ether oxygens (including phenoxy) is 1. The largest absolute Gasteiger partial charge is 0.417 e. The number of nitriles is 1. The maximum Gasteiger partial charge on any atom is 0.417 e. The molecule has 1 rings (SSSR count).